The molecule has 0 spiro atoms. The van der Waals surface area contributed by atoms with Gasteiger partial charge < -0.3 is 10.2 Å². The van der Waals surface area contributed by atoms with Gasteiger partial charge in [-0.3, -0.25) is 9.48 Å². The Morgan fingerprint density at radius 3 is 2.58 bits per heavy atom. The van der Waals surface area contributed by atoms with Crippen LogP contribution in [-0.2, 0) is 24.6 Å². The topological polar surface area (TPSA) is 63.1 Å². The van der Waals surface area contributed by atoms with Gasteiger partial charge >= 0.3 is 6.18 Å². The van der Waals surface area contributed by atoms with Crippen molar-refractivity contribution in [1.29, 1.82) is 0 Å². The number of rotatable bonds is 4. The molecule has 0 aromatic carbocycles. The maximum Gasteiger partial charge on any atom is 0.433 e. The van der Waals surface area contributed by atoms with Gasteiger partial charge in [0.25, 0.3) is 0 Å². The summed E-state index contributed by atoms with van der Waals surface area (Å²) in [5, 5.41) is 6.54. The van der Waals surface area contributed by atoms with Gasteiger partial charge in [-0.1, -0.05) is 20.8 Å². The number of hydrogen-bond acceptors (Lipinski definition) is 4. The molecule has 1 amide bonds. The Balaban J connectivity index is 1.59. The van der Waals surface area contributed by atoms with E-state index in [1.807, 2.05) is 25.7 Å². The predicted octanol–water partition coefficient (Wildman–Crippen LogP) is 4.47. The normalized spacial score (nSPS) is 20.3. The van der Waals surface area contributed by atoms with Gasteiger partial charge in [-0.05, 0) is 23.8 Å². The molecule has 0 bridgehead atoms. The fraction of sp³-hybridized carbons (Fsp3) is 0.571. The van der Waals surface area contributed by atoms with E-state index in [0.717, 1.165) is 17.2 Å². The van der Waals surface area contributed by atoms with Crippen LogP contribution < -0.4 is 10.2 Å². The number of anilines is 2. The third kappa shape index (κ3) is 4.52. The molecule has 2 unspecified atom stereocenters. The highest BCUT2D eigenvalue weighted by molar-refractivity contribution is 5.90. The summed E-state index contributed by atoms with van der Waals surface area (Å²) in [5.41, 5.74) is 0.401. The van der Waals surface area contributed by atoms with E-state index in [0.29, 0.717) is 23.8 Å². The number of amides is 1. The number of pyridine rings is 1. The first-order valence-corrected chi connectivity index (χ1v) is 10.2. The monoisotopic (exact) mass is 439 g/mol. The lowest BCUT2D eigenvalue weighted by molar-refractivity contribution is -0.143. The zero-order valence-electron chi connectivity index (χ0n) is 17.8. The van der Waals surface area contributed by atoms with E-state index in [4.69, 9.17) is 0 Å². The number of carbonyl (C=O) groups excluding carboxylic acids is 1. The molecule has 31 heavy (non-hydrogen) atoms. The van der Waals surface area contributed by atoms with Crippen molar-refractivity contribution in [2.45, 2.75) is 52.3 Å². The second kappa shape index (κ2) is 7.20. The molecule has 2 atom stereocenters. The van der Waals surface area contributed by atoms with Crippen LogP contribution >= 0.6 is 0 Å². The molecule has 1 saturated carbocycles. The Hall–Kier alpha value is -2.65. The van der Waals surface area contributed by atoms with E-state index in [1.165, 1.54) is 13.1 Å². The molecule has 1 aliphatic heterocycles. The van der Waals surface area contributed by atoms with Crippen LogP contribution in [0.1, 0.15) is 56.6 Å². The number of nitrogens with zero attached hydrogens (tertiary/aromatic N) is 4. The fourth-order valence-corrected chi connectivity index (χ4v) is 4.15. The lowest BCUT2D eigenvalue weighted by Gasteiger charge is -2.30. The van der Waals surface area contributed by atoms with Crippen LogP contribution in [0.5, 0.6) is 0 Å². The molecule has 168 valence electrons. The van der Waals surface area contributed by atoms with Crippen molar-refractivity contribution in [3.8, 4) is 0 Å². The summed E-state index contributed by atoms with van der Waals surface area (Å²) in [5.74, 6) is -0.583. The lowest BCUT2D eigenvalue weighted by Crippen LogP contribution is -2.30. The smallest absolute Gasteiger partial charge is 0.364 e. The van der Waals surface area contributed by atoms with E-state index >= 15 is 0 Å². The molecule has 0 radical (unpaired) electrons. The van der Waals surface area contributed by atoms with Crippen LogP contribution in [0.3, 0.4) is 0 Å². The number of halogens is 4. The Morgan fingerprint density at radius 1 is 1.26 bits per heavy atom. The summed E-state index contributed by atoms with van der Waals surface area (Å²) in [7, 11) is 1.25. The molecule has 10 heteroatoms. The molecule has 1 aliphatic carbocycles. The van der Waals surface area contributed by atoms with E-state index in [1.54, 1.807) is 0 Å². The maximum absolute atomic E-state index is 14.8. The molecule has 0 saturated heterocycles. The second-order valence-electron chi connectivity index (χ2n) is 9.63. The molecule has 2 aromatic heterocycles. The highest BCUT2D eigenvalue weighted by atomic mass is 19.4. The fourth-order valence-electron chi connectivity index (χ4n) is 4.15. The van der Waals surface area contributed by atoms with Crippen molar-refractivity contribution < 1.29 is 22.4 Å². The Bertz CT molecular complexity index is 1020. The number of hydrogen-bond donors (Lipinski definition) is 1. The predicted molar refractivity (Wildman–Crippen MR) is 107 cm³/mol. The minimum atomic E-state index is -4.49. The molecule has 4 rings (SSSR count). The van der Waals surface area contributed by atoms with Crippen molar-refractivity contribution in [3.05, 3.63) is 35.0 Å². The van der Waals surface area contributed by atoms with Crippen molar-refractivity contribution in [2.24, 2.45) is 18.4 Å². The first kappa shape index (κ1) is 21.6. The third-order valence-electron chi connectivity index (χ3n) is 5.58. The average Bonchev–Trinajstić information content (AvgIpc) is 3.27. The van der Waals surface area contributed by atoms with Crippen LogP contribution in [0, 0.1) is 17.2 Å². The van der Waals surface area contributed by atoms with Crippen LogP contribution in [0.2, 0.25) is 0 Å². The van der Waals surface area contributed by atoms with Crippen LogP contribution in [0.4, 0.5) is 29.1 Å². The largest absolute Gasteiger partial charge is 0.433 e. The van der Waals surface area contributed by atoms with Crippen LogP contribution in [0.15, 0.2) is 12.1 Å². The second-order valence-corrected chi connectivity index (χ2v) is 9.63. The average molecular weight is 439 g/mol. The van der Waals surface area contributed by atoms with E-state index in [9.17, 15) is 22.4 Å². The standard InChI is InChI=1S/C21H25F4N5O/c1-20(2,3)8-17(31)26-19-14(22)7-15-18(27-19)13-5-11(13)9-30(15)10-12-6-16(21(23,24)25)29(4)28-12/h6-7,11,13H,5,8-10H2,1-4H3,(H,26,27,31). The van der Waals surface area contributed by atoms with Gasteiger partial charge in [-0.15, -0.1) is 0 Å². The molecule has 2 aromatic rings. The highest BCUT2D eigenvalue weighted by Crippen LogP contribution is 2.54. The van der Waals surface area contributed by atoms with Crippen molar-refractivity contribution in [1.82, 2.24) is 14.8 Å². The molecule has 3 heterocycles. The first-order valence-electron chi connectivity index (χ1n) is 10.2. The first-order chi connectivity index (χ1) is 14.3. The minimum Gasteiger partial charge on any atom is -0.364 e. The summed E-state index contributed by atoms with van der Waals surface area (Å²) >= 11 is 0. The van der Waals surface area contributed by atoms with Crippen molar-refractivity contribution >= 4 is 17.4 Å². The zero-order chi connectivity index (χ0) is 22.7. The van der Waals surface area contributed by atoms with Gasteiger partial charge in [0.2, 0.25) is 5.91 Å². The van der Waals surface area contributed by atoms with Crippen LogP contribution in [0.25, 0.3) is 0 Å². The molecular formula is C21H25F4N5O. The van der Waals surface area contributed by atoms with Gasteiger partial charge in [-0.25, -0.2) is 9.37 Å². The molecular weight excluding hydrogens is 414 g/mol. The van der Waals surface area contributed by atoms with Gasteiger partial charge in [0.05, 0.1) is 23.6 Å². The number of fused-ring (bicyclic) bond motifs is 3. The Kier molecular flexibility index (Phi) is 5.01. The molecule has 2 aliphatic rings. The van der Waals surface area contributed by atoms with Crippen molar-refractivity contribution in [3.63, 3.8) is 0 Å². The summed E-state index contributed by atoms with van der Waals surface area (Å²) in [4.78, 5) is 18.5. The third-order valence-corrected chi connectivity index (χ3v) is 5.58. The van der Waals surface area contributed by atoms with E-state index < -0.39 is 17.7 Å². The number of carbonyl (C=O) groups is 1. The molecule has 6 nitrogen and oxygen atoms in total. The summed E-state index contributed by atoms with van der Waals surface area (Å²) in [6, 6.07) is 2.33. The molecule has 1 N–H and O–H groups in total. The van der Waals surface area contributed by atoms with Gasteiger partial charge in [0.1, 0.15) is 5.69 Å². The lowest BCUT2D eigenvalue weighted by atomic mass is 9.92. The van der Waals surface area contributed by atoms with E-state index in [-0.39, 0.29) is 41.7 Å². The summed E-state index contributed by atoms with van der Waals surface area (Å²) in [6.07, 6.45) is -3.38. The number of nitrogens with one attached hydrogen (secondary N) is 1. The maximum atomic E-state index is 14.8. The minimum absolute atomic E-state index is 0.0994. The van der Waals surface area contributed by atoms with Gasteiger partial charge in [-0.2, -0.15) is 18.3 Å². The quantitative estimate of drug-likeness (QED) is 0.714. The zero-order valence-corrected chi connectivity index (χ0v) is 17.8. The van der Waals surface area contributed by atoms with Crippen molar-refractivity contribution in [2.75, 3.05) is 16.8 Å². The highest BCUT2D eigenvalue weighted by Gasteiger charge is 2.47. The SMILES string of the molecule is Cn1nc(CN2CC3CC3c3nc(NC(=O)CC(C)(C)C)c(F)cc32)cc1C(F)(F)F. The number of aromatic nitrogens is 3. The Labute approximate surface area is 177 Å². The summed E-state index contributed by atoms with van der Waals surface area (Å²) < 4.78 is 54.8. The van der Waals surface area contributed by atoms with Crippen LogP contribution in [-0.4, -0.2) is 27.2 Å². The van der Waals surface area contributed by atoms with Gasteiger partial charge in [0.15, 0.2) is 11.6 Å². The molecule has 1 fully saturated rings. The number of aryl methyl sites for hydroxylation is 1. The number of alkyl halides is 3. The van der Waals surface area contributed by atoms with Gasteiger partial charge in [0, 0.05) is 32.0 Å². The summed E-state index contributed by atoms with van der Waals surface area (Å²) in [6.45, 7) is 6.47. The van der Waals surface area contributed by atoms with E-state index in [2.05, 4.69) is 15.4 Å². The Morgan fingerprint density at radius 2 is 1.97 bits per heavy atom.